The average molecular weight is 272 g/mol. The van der Waals surface area contributed by atoms with Crippen LogP contribution < -0.4 is 5.32 Å². The molecule has 0 saturated carbocycles. The van der Waals surface area contributed by atoms with E-state index in [0.717, 1.165) is 19.3 Å². The number of hydrogen-bond acceptors (Lipinski definition) is 2. The molecular formula is C14H28N2O3. The number of nitrogens with one attached hydrogen (secondary N) is 1. The summed E-state index contributed by atoms with van der Waals surface area (Å²) in [7, 11) is 1.81. The van der Waals surface area contributed by atoms with E-state index in [4.69, 9.17) is 5.11 Å². The van der Waals surface area contributed by atoms with E-state index in [2.05, 4.69) is 12.2 Å². The van der Waals surface area contributed by atoms with Gasteiger partial charge in [0.2, 0.25) is 0 Å². The molecule has 0 bridgehead atoms. The summed E-state index contributed by atoms with van der Waals surface area (Å²) in [6, 6.07) is 0.195. The van der Waals surface area contributed by atoms with Crippen LogP contribution >= 0.6 is 0 Å². The SMILES string of the molecule is CCCC(C)N(C)C(=O)NCCC(C)CCC(=O)O. The first-order valence-corrected chi connectivity index (χ1v) is 7.10. The first kappa shape index (κ1) is 17.7. The normalized spacial score (nSPS) is 13.7. The van der Waals surface area contributed by atoms with E-state index in [9.17, 15) is 9.59 Å². The fourth-order valence-electron chi connectivity index (χ4n) is 1.88. The Labute approximate surface area is 116 Å². The number of nitrogens with zero attached hydrogens (tertiary/aromatic N) is 1. The smallest absolute Gasteiger partial charge is 0.317 e. The molecule has 0 aliphatic carbocycles. The molecule has 0 aliphatic rings. The Morgan fingerprint density at radius 1 is 1.21 bits per heavy atom. The third-order valence-electron chi connectivity index (χ3n) is 3.45. The molecule has 0 rings (SSSR count). The second-order valence-corrected chi connectivity index (χ2v) is 5.31. The van der Waals surface area contributed by atoms with Crippen LogP contribution in [-0.2, 0) is 4.79 Å². The highest BCUT2D eigenvalue weighted by Crippen LogP contribution is 2.09. The lowest BCUT2D eigenvalue weighted by Crippen LogP contribution is -2.42. The van der Waals surface area contributed by atoms with E-state index < -0.39 is 5.97 Å². The number of carbonyl (C=O) groups is 2. The second kappa shape index (κ2) is 9.64. The molecule has 19 heavy (non-hydrogen) atoms. The van der Waals surface area contributed by atoms with Crippen molar-refractivity contribution in [2.24, 2.45) is 5.92 Å². The Morgan fingerprint density at radius 2 is 1.84 bits per heavy atom. The molecule has 0 radical (unpaired) electrons. The molecule has 5 nitrogen and oxygen atoms in total. The first-order valence-electron chi connectivity index (χ1n) is 7.10. The van der Waals surface area contributed by atoms with Gasteiger partial charge in [0.25, 0.3) is 0 Å². The summed E-state index contributed by atoms with van der Waals surface area (Å²) < 4.78 is 0. The van der Waals surface area contributed by atoms with Gasteiger partial charge in [-0.15, -0.1) is 0 Å². The Kier molecular flexibility index (Phi) is 9.00. The lowest BCUT2D eigenvalue weighted by atomic mass is 10.0. The number of carboxylic acids is 1. The maximum atomic E-state index is 11.8. The molecule has 5 heteroatoms. The number of hydrogen-bond donors (Lipinski definition) is 2. The summed E-state index contributed by atoms with van der Waals surface area (Å²) in [4.78, 5) is 24.0. The van der Waals surface area contributed by atoms with Crippen molar-refractivity contribution in [1.82, 2.24) is 10.2 Å². The number of carboxylic acid groups (broad SMARTS) is 1. The van der Waals surface area contributed by atoms with Crippen molar-refractivity contribution in [1.29, 1.82) is 0 Å². The van der Waals surface area contributed by atoms with E-state index in [1.807, 2.05) is 20.9 Å². The van der Waals surface area contributed by atoms with Gasteiger partial charge in [-0.1, -0.05) is 20.3 Å². The van der Waals surface area contributed by atoms with Gasteiger partial charge < -0.3 is 15.3 Å². The second-order valence-electron chi connectivity index (χ2n) is 5.31. The van der Waals surface area contributed by atoms with E-state index >= 15 is 0 Å². The monoisotopic (exact) mass is 272 g/mol. The minimum atomic E-state index is -0.760. The number of aliphatic carboxylic acids is 1. The summed E-state index contributed by atoms with van der Waals surface area (Å²) in [6.07, 6.45) is 3.73. The van der Waals surface area contributed by atoms with Crippen LogP contribution in [0.5, 0.6) is 0 Å². The van der Waals surface area contributed by atoms with Crippen molar-refractivity contribution in [3.8, 4) is 0 Å². The topological polar surface area (TPSA) is 69.6 Å². The fourth-order valence-corrected chi connectivity index (χ4v) is 1.88. The van der Waals surface area contributed by atoms with Gasteiger partial charge in [-0.05, 0) is 32.1 Å². The highest BCUT2D eigenvalue weighted by atomic mass is 16.4. The fraction of sp³-hybridized carbons (Fsp3) is 0.857. The predicted molar refractivity (Wildman–Crippen MR) is 76.2 cm³/mol. The van der Waals surface area contributed by atoms with Crippen LogP contribution in [0.1, 0.15) is 52.9 Å². The highest BCUT2D eigenvalue weighted by molar-refractivity contribution is 5.74. The summed E-state index contributed by atoms with van der Waals surface area (Å²) in [5.74, 6) is -0.446. The van der Waals surface area contributed by atoms with Crippen molar-refractivity contribution < 1.29 is 14.7 Å². The molecule has 0 aromatic carbocycles. The van der Waals surface area contributed by atoms with E-state index in [0.29, 0.717) is 18.9 Å². The van der Waals surface area contributed by atoms with Gasteiger partial charge in [-0.2, -0.15) is 0 Å². The van der Waals surface area contributed by atoms with Gasteiger partial charge in [0.1, 0.15) is 0 Å². The molecular weight excluding hydrogens is 244 g/mol. The van der Waals surface area contributed by atoms with Gasteiger partial charge in [0.05, 0.1) is 0 Å². The molecule has 112 valence electrons. The summed E-state index contributed by atoms with van der Waals surface area (Å²) in [5.41, 5.74) is 0. The molecule has 2 amide bonds. The van der Waals surface area contributed by atoms with Gasteiger partial charge in [0, 0.05) is 26.1 Å². The molecule has 2 unspecified atom stereocenters. The van der Waals surface area contributed by atoms with E-state index in [-0.39, 0.29) is 18.5 Å². The highest BCUT2D eigenvalue weighted by Gasteiger charge is 2.14. The van der Waals surface area contributed by atoms with Gasteiger partial charge in [0.15, 0.2) is 0 Å². The summed E-state index contributed by atoms with van der Waals surface area (Å²) in [6.45, 7) is 6.76. The largest absolute Gasteiger partial charge is 0.481 e. The van der Waals surface area contributed by atoms with Crippen LogP contribution in [0.15, 0.2) is 0 Å². The summed E-state index contributed by atoms with van der Waals surface area (Å²) >= 11 is 0. The van der Waals surface area contributed by atoms with Crippen LogP contribution in [-0.4, -0.2) is 41.6 Å². The van der Waals surface area contributed by atoms with Crippen LogP contribution in [0.2, 0.25) is 0 Å². The van der Waals surface area contributed by atoms with Crippen molar-refractivity contribution in [2.45, 2.75) is 58.9 Å². The molecule has 0 aromatic heterocycles. The zero-order valence-corrected chi connectivity index (χ0v) is 12.6. The summed E-state index contributed by atoms with van der Waals surface area (Å²) in [5, 5.41) is 11.5. The Hall–Kier alpha value is -1.26. The van der Waals surface area contributed by atoms with Gasteiger partial charge in [-0.3, -0.25) is 4.79 Å². The minimum absolute atomic E-state index is 0.0496. The predicted octanol–water partition coefficient (Wildman–Crippen LogP) is 2.71. The minimum Gasteiger partial charge on any atom is -0.481 e. The van der Waals surface area contributed by atoms with Crippen LogP contribution in [0.25, 0.3) is 0 Å². The van der Waals surface area contributed by atoms with Crippen molar-refractivity contribution in [2.75, 3.05) is 13.6 Å². The molecule has 0 saturated heterocycles. The van der Waals surface area contributed by atoms with Crippen molar-refractivity contribution >= 4 is 12.0 Å². The number of amides is 2. The van der Waals surface area contributed by atoms with Gasteiger partial charge >= 0.3 is 12.0 Å². The molecule has 0 aromatic rings. The Balaban J connectivity index is 3.81. The first-order chi connectivity index (χ1) is 8.88. The number of carbonyl (C=O) groups excluding carboxylic acids is 1. The maximum Gasteiger partial charge on any atom is 0.317 e. The maximum absolute atomic E-state index is 11.8. The lowest BCUT2D eigenvalue weighted by molar-refractivity contribution is -0.137. The zero-order chi connectivity index (χ0) is 14.8. The molecule has 2 N–H and O–H groups in total. The zero-order valence-electron chi connectivity index (χ0n) is 12.6. The third kappa shape index (κ3) is 8.46. The standard InChI is InChI=1S/C14H28N2O3/c1-5-6-12(3)16(4)14(19)15-10-9-11(2)7-8-13(17)18/h11-12H,5-10H2,1-4H3,(H,15,19)(H,17,18). The van der Waals surface area contributed by atoms with Crippen LogP contribution in [0, 0.1) is 5.92 Å². The molecule has 0 aliphatic heterocycles. The lowest BCUT2D eigenvalue weighted by Gasteiger charge is -2.25. The Bertz CT molecular complexity index is 282. The molecule has 0 spiro atoms. The Morgan fingerprint density at radius 3 is 2.37 bits per heavy atom. The van der Waals surface area contributed by atoms with Gasteiger partial charge in [-0.25, -0.2) is 4.79 Å². The van der Waals surface area contributed by atoms with Crippen LogP contribution in [0.4, 0.5) is 4.79 Å². The third-order valence-corrected chi connectivity index (χ3v) is 3.45. The quantitative estimate of drug-likeness (QED) is 0.678. The van der Waals surface area contributed by atoms with Crippen molar-refractivity contribution in [3.05, 3.63) is 0 Å². The number of rotatable bonds is 9. The van der Waals surface area contributed by atoms with E-state index in [1.165, 1.54) is 0 Å². The van der Waals surface area contributed by atoms with Crippen LogP contribution in [0.3, 0.4) is 0 Å². The molecule has 2 atom stereocenters. The van der Waals surface area contributed by atoms with Crippen molar-refractivity contribution in [3.63, 3.8) is 0 Å². The molecule has 0 fully saturated rings. The number of urea groups is 1. The molecule has 0 heterocycles. The average Bonchev–Trinajstić information content (AvgIpc) is 2.35. The van der Waals surface area contributed by atoms with E-state index in [1.54, 1.807) is 4.90 Å².